The Bertz CT molecular complexity index is 424. The largest absolute Gasteiger partial charge is 0.439 e. The Morgan fingerprint density at radius 2 is 1.67 bits per heavy atom. The first-order valence-electron chi connectivity index (χ1n) is 5.25. The number of halogens is 3. The average Bonchev–Trinajstić information content (AvgIpc) is 2.19. The van der Waals surface area contributed by atoms with Crippen LogP contribution in [0.3, 0.4) is 0 Å². The number of anilines is 1. The van der Waals surface area contributed by atoms with Gasteiger partial charge in [-0.15, -0.1) is 0 Å². The molecule has 0 saturated carbocycles. The molecule has 0 aliphatic heterocycles. The van der Waals surface area contributed by atoms with Crippen LogP contribution in [0.2, 0.25) is 0 Å². The molecule has 0 atom stereocenters. The monoisotopic (exact) mass is 309 g/mol. The molecule has 0 aliphatic rings. The number of ether oxygens (including phenoxy) is 1. The lowest BCUT2D eigenvalue weighted by molar-refractivity contribution is 0.0519. The summed E-state index contributed by atoms with van der Waals surface area (Å²) in [5, 5.41) is 2.56. The van der Waals surface area contributed by atoms with E-state index in [0.717, 1.165) is 5.56 Å². The maximum absolute atomic E-state index is 11.7. The summed E-state index contributed by atoms with van der Waals surface area (Å²) in [7, 11) is 0. The van der Waals surface area contributed by atoms with Crippen molar-refractivity contribution in [2.45, 2.75) is 30.2 Å². The lowest BCUT2D eigenvalue weighted by Crippen LogP contribution is -2.42. The molecular formula is C12H14Cl3NO2. The van der Waals surface area contributed by atoms with E-state index >= 15 is 0 Å². The van der Waals surface area contributed by atoms with E-state index in [9.17, 15) is 4.79 Å². The third-order valence-corrected chi connectivity index (χ3v) is 3.69. The van der Waals surface area contributed by atoms with Gasteiger partial charge in [0.25, 0.3) is 0 Å². The molecule has 100 valence electrons. The summed E-state index contributed by atoms with van der Waals surface area (Å²) in [5.74, 6) is 0. The quantitative estimate of drug-likeness (QED) is 0.805. The van der Waals surface area contributed by atoms with Gasteiger partial charge in [0.15, 0.2) is 5.60 Å². The van der Waals surface area contributed by atoms with Crippen LogP contribution in [0, 0.1) is 6.92 Å². The molecule has 1 aromatic rings. The molecule has 1 N–H and O–H groups in total. The average molecular weight is 311 g/mol. The van der Waals surface area contributed by atoms with Gasteiger partial charge >= 0.3 is 6.09 Å². The highest BCUT2D eigenvalue weighted by molar-refractivity contribution is 6.68. The van der Waals surface area contributed by atoms with Gasteiger partial charge in [0.05, 0.1) is 0 Å². The highest BCUT2D eigenvalue weighted by Gasteiger charge is 2.44. The Morgan fingerprint density at radius 3 is 2.11 bits per heavy atom. The van der Waals surface area contributed by atoms with E-state index in [1.54, 1.807) is 12.1 Å². The summed E-state index contributed by atoms with van der Waals surface area (Å²) in [4.78, 5) is 11.7. The molecule has 0 spiro atoms. The predicted octanol–water partition coefficient (Wildman–Crippen LogP) is 4.69. The van der Waals surface area contributed by atoms with E-state index in [1.165, 1.54) is 13.8 Å². The number of amides is 1. The molecule has 1 aromatic carbocycles. The predicted molar refractivity (Wildman–Crippen MR) is 75.7 cm³/mol. The Balaban J connectivity index is 2.65. The van der Waals surface area contributed by atoms with Crippen molar-refractivity contribution < 1.29 is 9.53 Å². The number of hydrogen-bond acceptors (Lipinski definition) is 2. The summed E-state index contributed by atoms with van der Waals surface area (Å²) in [6.07, 6.45) is -0.671. The smallest absolute Gasteiger partial charge is 0.412 e. The lowest BCUT2D eigenvalue weighted by atomic mass is 10.2. The first-order chi connectivity index (χ1) is 8.12. The topological polar surface area (TPSA) is 38.3 Å². The molecular weight excluding hydrogens is 296 g/mol. The van der Waals surface area contributed by atoms with E-state index in [0.29, 0.717) is 5.69 Å². The van der Waals surface area contributed by atoms with Gasteiger partial charge in [0.2, 0.25) is 3.79 Å². The molecule has 0 aromatic heterocycles. The van der Waals surface area contributed by atoms with Crippen LogP contribution in [0.15, 0.2) is 24.3 Å². The number of rotatable bonds is 2. The number of carbonyl (C=O) groups excluding carboxylic acids is 1. The Kier molecular flexibility index (Phi) is 4.76. The van der Waals surface area contributed by atoms with Crippen LogP contribution in [-0.2, 0) is 4.74 Å². The second-order valence-electron chi connectivity index (χ2n) is 4.39. The second kappa shape index (κ2) is 5.55. The van der Waals surface area contributed by atoms with E-state index in [-0.39, 0.29) is 0 Å². The summed E-state index contributed by atoms with van der Waals surface area (Å²) in [6, 6.07) is 7.27. The van der Waals surface area contributed by atoms with Gasteiger partial charge in [-0.3, -0.25) is 5.32 Å². The fraction of sp³-hybridized carbons (Fsp3) is 0.417. The SMILES string of the molecule is Cc1ccc(NC(=O)OC(C)(C)C(Cl)(Cl)Cl)cc1. The van der Waals surface area contributed by atoms with Crippen molar-refractivity contribution >= 4 is 46.6 Å². The zero-order chi connectivity index (χ0) is 14.0. The zero-order valence-corrected chi connectivity index (χ0v) is 12.5. The minimum absolute atomic E-state index is 0.616. The number of aryl methyl sites for hydroxylation is 1. The number of alkyl halides is 3. The molecule has 0 radical (unpaired) electrons. The van der Waals surface area contributed by atoms with Crippen molar-refractivity contribution in [3.05, 3.63) is 29.8 Å². The third-order valence-electron chi connectivity index (χ3n) is 2.33. The fourth-order valence-corrected chi connectivity index (χ4v) is 1.19. The molecule has 18 heavy (non-hydrogen) atoms. The van der Waals surface area contributed by atoms with E-state index in [4.69, 9.17) is 39.5 Å². The van der Waals surface area contributed by atoms with Crippen LogP contribution in [0.1, 0.15) is 19.4 Å². The Hall–Kier alpha value is -0.640. The minimum Gasteiger partial charge on any atom is -0.439 e. The van der Waals surface area contributed by atoms with Crippen molar-refractivity contribution in [3.8, 4) is 0 Å². The highest BCUT2D eigenvalue weighted by atomic mass is 35.6. The third kappa shape index (κ3) is 4.23. The molecule has 1 amide bonds. The van der Waals surface area contributed by atoms with Crippen LogP contribution in [0.25, 0.3) is 0 Å². The van der Waals surface area contributed by atoms with E-state index in [2.05, 4.69) is 5.32 Å². The maximum Gasteiger partial charge on any atom is 0.412 e. The van der Waals surface area contributed by atoms with Crippen LogP contribution in [0.5, 0.6) is 0 Å². The number of nitrogens with one attached hydrogen (secondary N) is 1. The van der Waals surface area contributed by atoms with Crippen molar-refractivity contribution in [3.63, 3.8) is 0 Å². The first kappa shape index (κ1) is 15.4. The summed E-state index contributed by atoms with van der Waals surface area (Å²) in [5.41, 5.74) is 0.480. The van der Waals surface area contributed by atoms with Crippen molar-refractivity contribution in [2.24, 2.45) is 0 Å². The molecule has 6 heteroatoms. The maximum atomic E-state index is 11.7. The van der Waals surface area contributed by atoms with Gasteiger partial charge in [0, 0.05) is 5.69 Å². The summed E-state index contributed by atoms with van der Waals surface area (Å²) < 4.78 is 3.39. The number of carbonyl (C=O) groups is 1. The fourth-order valence-electron chi connectivity index (χ4n) is 1.07. The highest BCUT2D eigenvalue weighted by Crippen LogP contribution is 2.40. The molecule has 3 nitrogen and oxygen atoms in total. The van der Waals surface area contributed by atoms with Gasteiger partial charge in [-0.05, 0) is 32.9 Å². The normalized spacial score (nSPS) is 12.1. The van der Waals surface area contributed by atoms with Gasteiger partial charge in [0.1, 0.15) is 0 Å². The van der Waals surface area contributed by atoms with Crippen LogP contribution in [0.4, 0.5) is 10.5 Å². The lowest BCUT2D eigenvalue weighted by Gasteiger charge is -2.31. The van der Waals surface area contributed by atoms with Gasteiger partial charge < -0.3 is 4.74 Å². The minimum atomic E-state index is -1.70. The summed E-state index contributed by atoms with van der Waals surface area (Å²) >= 11 is 17.2. The first-order valence-corrected chi connectivity index (χ1v) is 6.38. The molecule has 0 aliphatic carbocycles. The molecule has 0 fully saturated rings. The Labute approximate surface area is 121 Å². The summed E-state index contributed by atoms with van der Waals surface area (Å²) in [6.45, 7) is 5.00. The molecule has 0 unspecified atom stereocenters. The van der Waals surface area contributed by atoms with Gasteiger partial charge in [-0.2, -0.15) is 0 Å². The number of benzene rings is 1. The Morgan fingerprint density at radius 1 is 1.17 bits per heavy atom. The van der Waals surface area contributed by atoms with E-state index in [1.807, 2.05) is 19.1 Å². The van der Waals surface area contributed by atoms with Crippen molar-refractivity contribution in [1.29, 1.82) is 0 Å². The van der Waals surface area contributed by atoms with Crippen molar-refractivity contribution in [1.82, 2.24) is 0 Å². The molecule has 0 heterocycles. The second-order valence-corrected chi connectivity index (χ2v) is 6.67. The number of hydrogen-bond donors (Lipinski definition) is 1. The van der Waals surface area contributed by atoms with Gasteiger partial charge in [-0.25, -0.2) is 4.79 Å². The zero-order valence-electron chi connectivity index (χ0n) is 10.3. The van der Waals surface area contributed by atoms with Crippen LogP contribution >= 0.6 is 34.8 Å². The van der Waals surface area contributed by atoms with Crippen molar-refractivity contribution in [2.75, 3.05) is 5.32 Å². The standard InChI is InChI=1S/C12H14Cl3NO2/c1-8-4-6-9(7-5-8)16-10(17)18-11(2,3)12(13,14)15/h4-7H,1-3H3,(H,16,17). The molecule has 0 saturated heterocycles. The van der Waals surface area contributed by atoms with Gasteiger partial charge in [-0.1, -0.05) is 52.5 Å². The van der Waals surface area contributed by atoms with Crippen LogP contribution < -0.4 is 5.32 Å². The molecule has 0 bridgehead atoms. The van der Waals surface area contributed by atoms with Crippen LogP contribution in [-0.4, -0.2) is 15.5 Å². The molecule has 1 rings (SSSR count). The van der Waals surface area contributed by atoms with E-state index < -0.39 is 15.5 Å².